The van der Waals surface area contributed by atoms with Crippen molar-refractivity contribution >= 4 is 10.1 Å². The Morgan fingerprint density at radius 3 is 2.06 bits per heavy atom. The molecule has 7 heteroatoms. The van der Waals surface area contributed by atoms with Gasteiger partial charge in [-0.15, -0.1) is 5.75 Å². The predicted octanol–water partition coefficient (Wildman–Crippen LogP) is 3.27. The van der Waals surface area contributed by atoms with E-state index in [1.165, 1.54) is 75.6 Å². The molecule has 0 saturated heterocycles. The summed E-state index contributed by atoms with van der Waals surface area (Å²) in [4.78, 5) is -0.322. The standard InChI is InChI=1S/C24H34O5S.Na/c1-2-3-4-5-6-7-8-9-10-11-14-20-17-21(25)19-22(18-20)29-23-15-12-13-16-24(23)30(26,27)28;/h12-13,15-19,25H,2-11,14H2,1H3,(H,26,27,28);/q;+1/p-1. The van der Waals surface area contributed by atoms with Crippen molar-refractivity contribution in [3.05, 3.63) is 48.0 Å². The number of aryl methyl sites for hydroxylation is 1. The van der Waals surface area contributed by atoms with Crippen LogP contribution in [0.5, 0.6) is 17.2 Å². The van der Waals surface area contributed by atoms with Gasteiger partial charge in [0.25, 0.3) is 10.1 Å². The maximum Gasteiger partial charge on any atom is 1.00 e. The molecule has 0 saturated carbocycles. The fourth-order valence-electron chi connectivity index (χ4n) is 3.53. The molecular weight excluding hydrogens is 423 g/mol. The molecule has 0 aliphatic carbocycles. The average Bonchev–Trinajstić information content (AvgIpc) is 2.68. The molecule has 166 valence electrons. The van der Waals surface area contributed by atoms with Crippen LogP contribution < -0.4 is 39.4 Å². The van der Waals surface area contributed by atoms with E-state index < -0.39 is 10.1 Å². The minimum absolute atomic E-state index is 0. The second kappa shape index (κ2) is 14.9. The molecule has 0 fully saturated rings. The maximum absolute atomic E-state index is 12.0. The first kappa shape index (κ1) is 28.0. The largest absolute Gasteiger partial charge is 1.00 e. The van der Waals surface area contributed by atoms with Gasteiger partial charge in [-0.3, -0.25) is 4.55 Å². The van der Waals surface area contributed by atoms with Gasteiger partial charge >= 0.3 is 29.6 Å². The zero-order valence-corrected chi connectivity index (χ0v) is 21.6. The molecular formula is C24H33NaO5S. The molecule has 0 atom stereocenters. The number of unbranched alkanes of at least 4 members (excludes halogenated alkanes) is 9. The first-order valence-corrected chi connectivity index (χ1v) is 12.4. The minimum Gasteiger partial charge on any atom is -0.872 e. The third-order valence-corrected chi connectivity index (χ3v) is 6.01. The van der Waals surface area contributed by atoms with Crippen LogP contribution in [0.25, 0.3) is 0 Å². The second-order valence-corrected chi connectivity index (χ2v) is 9.16. The van der Waals surface area contributed by atoms with Gasteiger partial charge < -0.3 is 9.84 Å². The van der Waals surface area contributed by atoms with E-state index >= 15 is 0 Å². The van der Waals surface area contributed by atoms with Crippen molar-refractivity contribution in [2.45, 2.75) is 82.4 Å². The molecule has 5 nitrogen and oxygen atoms in total. The van der Waals surface area contributed by atoms with Crippen molar-refractivity contribution in [2.75, 3.05) is 0 Å². The van der Waals surface area contributed by atoms with Gasteiger partial charge in [-0.1, -0.05) is 82.9 Å². The van der Waals surface area contributed by atoms with Crippen molar-refractivity contribution < 1.29 is 52.4 Å². The Morgan fingerprint density at radius 1 is 0.871 bits per heavy atom. The van der Waals surface area contributed by atoms with Gasteiger partial charge in [-0.25, -0.2) is 0 Å². The molecule has 0 spiro atoms. The summed E-state index contributed by atoms with van der Waals surface area (Å²) in [6, 6.07) is 10.5. The Labute approximate surface area is 209 Å². The number of hydrogen-bond donors (Lipinski definition) is 1. The van der Waals surface area contributed by atoms with Gasteiger partial charge in [0, 0.05) is 0 Å². The normalized spacial score (nSPS) is 11.2. The molecule has 0 radical (unpaired) electrons. The molecule has 2 aromatic rings. The van der Waals surface area contributed by atoms with Crippen LogP contribution in [-0.2, 0) is 16.5 Å². The van der Waals surface area contributed by atoms with E-state index in [9.17, 15) is 18.1 Å². The summed E-state index contributed by atoms with van der Waals surface area (Å²) >= 11 is 0. The maximum atomic E-state index is 12.0. The van der Waals surface area contributed by atoms with E-state index in [0.717, 1.165) is 24.8 Å². The molecule has 0 bridgehead atoms. The van der Waals surface area contributed by atoms with Crippen LogP contribution in [0.4, 0.5) is 0 Å². The van der Waals surface area contributed by atoms with E-state index in [2.05, 4.69) is 6.92 Å². The van der Waals surface area contributed by atoms with Crippen LogP contribution in [0.2, 0.25) is 0 Å². The molecule has 0 heterocycles. The Balaban J connectivity index is 0.00000480. The van der Waals surface area contributed by atoms with Crippen molar-refractivity contribution in [1.29, 1.82) is 0 Å². The van der Waals surface area contributed by atoms with E-state index in [4.69, 9.17) is 4.74 Å². The van der Waals surface area contributed by atoms with Crippen molar-refractivity contribution in [3.8, 4) is 17.2 Å². The Morgan fingerprint density at radius 2 is 1.45 bits per heavy atom. The van der Waals surface area contributed by atoms with Crippen molar-refractivity contribution in [1.82, 2.24) is 0 Å². The first-order valence-electron chi connectivity index (χ1n) is 11.0. The summed E-state index contributed by atoms with van der Waals surface area (Å²) in [6.45, 7) is 2.23. The van der Waals surface area contributed by atoms with Gasteiger partial charge in [-0.2, -0.15) is 8.42 Å². The fourth-order valence-corrected chi connectivity index (χ4v) is 4.14. The topological polar surface area (TPSA) is 86.7 Å². The van der Waals surface area contributed by atoms with Crippen LogP contribution in [0.3, 0.4) is 0 Å². The molecule has 1 N–H and O–H groups in total. The third kappa shape index (κ3) is 10.9. The Hall–Kier alpha value is -1.05. The summed E-state index contributed by atoms with van der Waals surface area (Å²) in [5.41, 5.74) is 0.876. The Bertz CT molecular complexity index is 883. The zero-order valence-electron chi connectivity index (χ0n) is 18.8. The SMILES string of the molecule is CCCCCCCCCCCCc1cc([O-])cc(Oc2ccccc2S(=O)(=O)O)c1.[Na+]. The van der Waals surface area contributed by atoms with Gasteiger partial charge in [0.1, 0.15) is 16.4 Å². The summed E-state index contributed by atoms with van der Waals surface area (Å²) in [5, 5.41) is 12.0. The summed E-state index contributed by atoms with van der Waals surface area (Å²) in [5.74, 6) is 0.0927. The number of ether oxygens (including phenoxy) is 1. The van der Waals surface area contributed by atoms with Crippen LogP contribution in [-0.4, -0.2) is 13.0 Å². The second-order valence-electron chi connectivity index (χ2n) is 7.77. The van der Waals surface area contributed by atoms with E-state index in [-0.39, 0.29) is 51.7 Å². The number of para-hydroxylation sites is 1. The molecule has 0 amide bonds. The van der Waals surface area contributed by atoms with Crippen LogP contribution in [0.15, 0.2) is 47.4 Å². The molecule has 0 aromatic heterocycles. The van der Waals surface area contributed by atoms with Crippen molar-refractivity contribution in [2.24, 2.45) is 0 Å². The molecule has 31 heavy (non-hydrogen) atoms. The Kier molecular flexibility index (Phi) is 13.5. The molecule has 0 unspecified atom stereocenters. The summed E-state index contributed by atoms with van der Waals surface area (Å²) in [7, 11) is -4.41. The van der Waals surface area contributed by atoms with Crippen LogP contribution >= 0.6 is 0 Å². The molecule has 0 aliphatic rings. The minimum atomic E-state index is -4.41. The zero-order chi connectivity index (χ0) is 21.8. The van der Waals surface area contributed by atoms with Gasteiger partial charge in [0.15, 0.2) is 0 Å². The molecule has 2 rings (SSSR count). The van der Waals surface area contributed by atoms with Gasteiger partial charge in [-0.05, 0) is 42.7 Å². The number of hydrogen-bond acceptors (Lipinski definition) is 4. The van der Waals surface area contributed by atoms with Crippen LogP contribution in [0, 0.1) is 0 Å². The summed E-state index contributed by atoms with van der Waals surface area (Å²) in [6.07, 6.45) is 13.3. The first-order chi connectivity index (χ1) is 14.4. The smallest absolute Gasteiger partial charge is 0.872 e. The third-order valence-electron chi connectivity index (χ3n) is 5.11. The predicted molar refractivity (Wildman–Crippen MR) is 118 cm³/mol. The van der Waals surface area contributed by atoms with Gasteiger partial charge in [0.05, 0.1) is 0 Å². The van der Waals surface area contributed by atoms with E-state index in [1.807, 2.05) is 0 Å². The monoisotopic (exact) mass is 456 g/mol. The summed E-state index contributed by atoms with van der Waals surface area (Å²) < 4.78 is 38.0. The fraction of sp³-hybridized carbons (Fsp3) is 0.500. The average molecular weight is 457 g/mol. The number of benzene rings is 2. The molecule has 0 aliphatic heterocycles. The van der Waals surface area contributed by atoms with Crippen LogP contribution in [0.1, 0.15) is 76.7 Å². The van der Waals surface area contributed by atoms with E-state index in [1.54, 1.807) is 18.2 Å². The number of rotatable bonds is 14. The quantitative estimate of drug-likeness (QED) is 0.268. The van der Waals surface area contributed by atoms with Gasteiger partial charge in [0.2, 0.25) is 0 Å². The van der Waals surface area contributed by atoms with Crippen molar-refractivity contribution in [3.63, 3.8) is 0 Å². The molecule has 2 aromatic carbocycles. The van der Waals surface area contributed by atoms with E-state index in [0.29, 0.717) is 0 Å².